The Hall–Kier alpha value is -3.20. The van der Waals surface area contributed by atoms with E-state index in [-0.39, 0.29) is 34.9 Å². The number of carbonyl (C=O) groups is 3. The lowest BCUT2D eigenvalue weighted by atomic mass is 9.63. The van der Waals surface area contributed by atoms with Gasteiger partial charge in [-0.3, -0.25) is 14.4 Å². The number of hydrogen-bond acceptors (Lipinski definition) is 5. The summed E-state index contributed by atoms with van der Waals surface area (Å²) >= 11 is 13.4. The number of anilines is 1. The zero-order valence-electron chi connectivity index (χ0n) is 27.6. The van der Waals surface area contributed by atoms with E-state index in [1.165, 1.54) is 5.56 Å². The van der Waals surface area contributed by atoms with Crippen molar-refractivity contribution in [3.63, 3.8) is 0 Å². The van der Waals surface area contributed by atoms with E-state index in [9.17, 15) is 14.4 Å². The Balaban J connectivity index is 1.46. The lowest BCUT2D eigenvalue weighted by molar-refractivity contribution is -0.120. The molecule has 0 saturated heterocycles. The monoisotopic (exact) mass is 792 g/mol. The zero-order chi connectivity index (χ0) is 34.4. The highest BCUT2D eigenvalue weighted by atomic mass is 79.9. The summed E-state index contributed by atoms with van der Waals surface area (Å²) < 4.78 is 7.68. The van der Waals surface area contributed by atoms with Crippen LogP contribution in [0.3, 0.4) is 0 Å². The molecule has 1 N–H and O–H groups in total. The highest BCUT2D eigenvalue weighted by molar-refractivity contribution is 9.11. The molecule has 1 aliphatic heterocycles. The molecule has 0 saturated carbocycles. The molecule has 1 amide bonds. The fourth-order valence-electron chi connectivity index (χ4n) is 7.33. The lowest BCUT2D eigenvalue weighted by Crippen LogP contribution is -2.45. The van der Waals surface area contributed by atoms with Crippen LogP contribution < -0.4 is 10.1 Å². The Kier molecular flexibility index (Phi) is 9.82. The maximum absolute atomic E-state index is 14.4. The molecule has 0 fully saturated rings. The molecular weight excluding hydrogens is 756 g/mol. The van der Waals surface area contributed by atoms with E-state index in [4.69, 9.17) is 16.3 Å². The van der Waals surface area contributed by atoms with Gasteiger partial charge in [0.1, 0.15) is 5.75 Å². The first kappa shape index (κ1) is 34.7. The maximum atomic E-state index is 14.4. The lowest BCUT2D eigenvalue weighted by Gasteiger charge is -2.49. The highest BCUT2D eigenvalue weighted by Crippen LogP contribution is 2.56. The van der Waals surface area contributed by atoms with Gasteiger partial charge in [0.2, 0.25) is 0 Å². The van der Waals surface area contributed by atoms with Crippen molar-refractivity contribution >= 4 is 66.6 Å². The number of ether oxygens (including phenoxy) is 1. The summed E-state index contributed by atoms with van der Waals surface area (Å²) in [5.74, 6) is -0.454. The van der Waals surface area contributed by atoms with Crippen LogP contribution in [0.1, 0.15) is 70.4 Å². The minimum atomic E-state index is -0.627. The quantitative estimate of drug-likeness (QED) is 0.246. The number of carbonyl (C=O) groups excluding carboxylic acids is 3. The van der Waals surface area contributed by atoms with Gasteiger partial charge in [0.15, 0.2) is 18.2 Å². The predicted octanol–water partition coefficient (Wildman–Crippen LogP) is 9.81. The second kappa shape index (κ2) is 13.6. The second-order valence-corrected chi connectivity index (χ2v) is 16.8. The average molecular weight is 795 g/mol. The van der Waals surface area contributed by atoms with Gasteiger partial charge in [0.25, 0.3) is 5.91 Å². The Labute approximate surface area is 304 Å². The first-order valence-electron chi connectivity index (χ1n) is 16.2. The third kappa shape index (κ3) is 7.36. The first-order valence-corrected chi connectivity index (χ1v) is 18.2. The number of benzene rings is 3. The number of ketones is 2. The van der Waals surface area contributed by atoms with Crippen LogP contribution >= 0.6 is 43.5 Å². The first-order chi connectivity index (χ1) is 22.7. The van der Waals surface area contributed by atoms with Crippen LogP contribution in [0.2, 0.25) is 5.02 Å². The minimum Gasteiger partial charge on any atom is -0.482 e. The van der Waals surface area contributed by atoms with Crippen molar-refractivity contribution in [2.45, 2.75) is 65.7 Å². The Morgan fingerprint density at radius 3 is 2.04 bits per heavy atom. The predicted molar refractivity (Wildman–Crippen MR) is 197 cm³/mol. The molecule has 6 nitrogen and oxygen atoms in total. The Morgan fingerprint density at radius 1 is 0.875 bits per heavy atom. The number of halogens is 3. The Morgan fingerprint density at radius 2 is 1.46 bits per heavy atom. The summed E-state index contributed by atoms with van der Waals surface area (Å²) in [4.78, 5) is 44.1. The molecule has 3 aromatic carbocycles. The molecule has 0 unspecified atom stereocenters. The minimum absolute atomic E-state index is 0.0441. The van der Waals surface area contributed by atoms with Gasteiger partial charge in [0.05, 0.1) is 4.47 Å². The van der Waals surface area contributed by atoms with Gasteiger partial charge in [-0.05, 0) is 88.0 Å². The van der Waals surface area contributed by atoms with E-state index >= 15 is 0 Å². The zero-order valence-corrected chi connectivity index (χ0v) is 31.5. The van der Waals surface area contributed by atoms with Crippen molar-refractivity contribution in [3.8, 4) is 5.75 Å². The molecule has 0 spiro atoms. The molecular formula is C39H39Br2ClN2O4. The number of Topliss-reactive ketones (excluding diaryl/α,β-unsaturated/α-hetero) is 2. The normalized spacial score (nSPS) is 18.9. The maximum Gasteiger partial charge on any atom is 0.262 e. The number of hydrogen-bond donors (Lipinski definition) is 1. The van der Waals surface area contributed by atoms with Crippen LogP contribution in [0.25, 0.3) is 0 Å². The fourth-order valence-corrected chi connectivity index (χ4v) is 8.83. The van der Waals surface area contributed by atoms with Gasteiger partial charge in [-0.25, -0.2) is 0 Å². The van der Waals surface area contributed by atoms with Crippen molar-refractivity contribution in [2.24, 2.45) is 10.8 Å². The number of nitrogens with one attached hydrogen (secondary N) is 1. The summed E-state index contributed by atoms with van der Waals surface area (Å²) in [6.45, 7) is 8.96. The van der Waals surface area contributed by atoms with Gasteiger partial charge in [-0.1, -0.05) is 85.6 Å². The van der Waals surface area contributed by atoms with E-state index in [2.05, 4.69) is 81.9 Å². The van der Waals surface area contributed by atoms with Crippen molar-refractivity contribution in [2.75, 3.05) is 18.5 Å². The molecule has 3 aliphatic rings. The van der Waals surface area contributed by atoms with Gasteiger partial charge in [0, 0.05) is 68.6 Å². The van der Waals surface area contributed by atoms with Crippen LogP contribution in [0.4, 0.5) is 5.69 Å². The SMILES string of the molecule is CC1(C)CC(=O)C2=C(C1)N(CCc1ccccc1)C1=C(C(=O)CC(C)(C)C1)C2c1cc(Br)cc(Br)c1OCC(=O)Nc1ccc(Cl)cc1. The van der Waals surface area contributed by atoms with Gasteiger partial charge in [-0.2, -0.15) is 0 Å². The van der Waals surface area contributed by atoms with Crippen molar-refractivity contribution < 1.29 is 19.1 Å². The van der Waals surface area contributed by atoms with Crippen LogP contribution in [-0.2, 0) is 20.8 Å². The van der Waals surface area contributed by atoms with E-state index in [0.717, 1.165) is 22.3 Å². The summed E-state index contributed by atoms with van der Waals surface area (Å²) in [6.07, 6.45) is 2.96. The summed E-state index contributed by atoms with van der Waals surface area (Å²) in [6, 6.07) is 21.0. The third-order valence-electron chi connectivity index (χ3n) is 9.31. The van der Waals surface area contributed by atoms with Crippen molar-refractivity contribution in [1.82, 2.24) is 4.90 Å². The third-order valence-corrected chi connectivity index (χ3v) is 10.6. The molecule has 2 aliphatic carbocycles. The summed E-state index contributed by atoms with van der Waals surface area (Å²) in [7, 11) is 0. The van der Waals surface area contributed by atoms with Gasteiger partial charge in [-0.15, -0.1) is 0 Å². The van der Waals surface area contributed by atoms with Gasteiger partial charge >= 0.3 is 0 Å². The molecule has 9 heteroatoms. The second-order valence-electron chi connectivity index (χ2n) is 14.6. The fraction of sp³-hybridized carbons (Fsp3) is 0.359. The smallest absolute Gasteiger partial charge is 0.262 e. The van der Waals surface area contributed by atoms with E-state index < -0.39 is 5.92 Å². The molecule has 0 bridgehead atoms. The van der Waals surface area contributed by atoms with E-state index in [1.54, 1.807) is 24.3 Å². The number of allylic oxidation sites excluding steroid dienone is 4. The molecule has 6 rings (SSSR count). The van der Waals surface area contributed by atoms with Crippen LogP contribution in [0.15, 0.2) is 98.2 Å². The largest absolute Gasteiger partial charge is 0.482 e. The molecule has 1 heterocycles. The van der Waals surface area contributed by atoms with Crippen molar-refractivity contribution in [1.29, 1.82) is 0 Å². The topological polar surface area (TPSA) is 75.7 Å². The van der Waals surface area contributed by atoms with Crippen molar-refractivity contribution in [3.05, 3.63) is 114 Å². The average Bonchev–Trinajstić information content (AvgIpc) is 2.99. The van der Waals surface area contributed by atoms with Crippen LogP contribution in [0, 0.1) is 10.8 Å². The van der Waals surface area contributed by atoms with Crippen LogP contribution in [-0.4, -0.2) is 35.5 Å². The van der Waals surface area contributed by atoms with E-state index in [1.807, 2.05) is 30.3 Å². The number of nitrogens with zero attached hydrogens (tertiary/aromatic N) is 1. The molecule has 48 heavy (non-hydrogen) atoms. The highest BCUT2D eigenvalue weighted by Gasteiger charge is 2.49. The number of rotatable bonds is 8. The Bertz CT molecular complexity index is 1790. The summed E-state index contributed by atoms with van der Waals surface area (Å²) in [5, 5.41) is 3.42. The molecule has 3 aromatic rings. The number of amides is 1. The molecule has 0 atom stereocenters. The summed E-state index contributed by atoms with van der Waals surface area (Å²) in [5.41, 5.74) is 5.30. The van der Waals surface area contributed by atoms with E-state index in [0.29, 0.717) is 69.9 Å². The molecule has 250 valence electrons. The molecule has 0 aromatic heterocycles. The molecule has 0 radical (unpaired) electrons. The van der Waals surface area contributed by atoms with Gasteiger partial charge < -0.3 is 15.0 Å². The van der Waals surface area contributed by atoms with Crippen LogP contribution in [0.5, 0.6) is 5.75 Å². The standard InChI is InChI=1S/C39H39Br2ClN2O4/c1-38(2)18-29-35(31(45)20-38)34(36-30(19-39(3,4)21-32(36)46)44(29)15-14-23-8-6-5-7-9-23)27-16-24(40)17-28(41)37(27)48-22-33(47)43-26-12-10-25(42)11-13-26/h5-13,16-17,34H,14-15,18-22H2,1-4H3,(H,43,47).